The van der Waals surface area contributed by atoms with Crippen LogP contribution in [0.2, 0.25) is 0 Å². The van der Waals surface area contributed by atoms with Gasteiger partial charge in [0.25, 0.3) is 0 Å². The van der Waals surface area contributed by atoms with Crippen molar-refractivity contribution in [3.63, 3.8) is 0 Å². The third kappa shape index (κ3) is 51.8. The van der Waals surface area contributed by atoms with Crippen molar-refractivity contribution >= 4 is 30.5 Å². The van der Waals surface area contributed by atoms with E-state index >= 15 is 0 Å². The molecule has 4 aliphatic heterocycles. The van der Waals surface area contributed by atoms with E-state index in [1.807, 2.05) is 13.0 Å². The summed E-state index contributed by atoms with van der Waals surface area (Å²) in [6.07, 6.45) is 39.1. The van der Waals surface area contributed by atoms with Gasteiger partial charge in [0.1, 0.15) is 73.2 Å². The first-order chi connectivity index (χ1) is 62.4. The van der Waals surface area contributed by atoms with E-state index < -0.39 is 173 Å². The molecule has 0 amide bonds. The predicted octanol–water partition coefficient (Wildman–Crippen LogP) is 18.6. The van der Waals surface area contributed by atoms with E-state index in [1.165, 1.54) is 263 Å². The molecule has 4 aliphatic rings. The molecule has 762 valence electrons. The summed E-state index contributed by atoms with van der Waals surface area (Å²) < 4.78 is 59.2. The number of carbonyl (C=O) groups is 3. The van der Waals surface area contributed by atoms with Gasteiger partial charge in [0.05, 0.1) is 37.9 Å². The second kappa shape index (κ2) is 76.7. The summed E-state index contributed by atoms with van der Waals surface area (Å²) in [5.41, 5.74) is 0. The van der Waals surface area contributed by atoms with Crippen molar-refractivity contribution in [2.45, 2.75) is 563 Å². The van der Waals surface area contributed by atoms with E-state index in [0.29, 0.717) is 31.1 Å². The Morgan fingerprint density at radius 1 is 0.349 bits per heavy atom. The molecule has 4 saturated heterocycles. The lowest BCUT2D eigenvalue weighted by Gasteiger charge is -2.46. The molecule has 26 atom stereocenters. The number of esters is 3. The second-order valence-corrected chi connectivity index (χ2v) is 39.6. The molecule has 12 N–H and O–H groups in total. The lowest BCUT2D eigenvalue weighted by atomic mass is 9.85. The molecule has 4 heterocycles. The molecule has 25 nitrogen and oxygen atoms in total. The van der Waals surface area contributed by atoms with Crippen molar-refractivity contribution in [3.8, 4) is 0 Å². The maximum absolute atomic E-state index is 13.9. The fourth-order valence-electron chi connectivity index (χ4n) is 18.7. The minimum absolute atomic E-state index is 0.0340. The first-order valence-electron chi connectivity index (χ1n) is 52.7. The molecule has 0 aromatic heterocycles. The van der Waals surface area contributed by atoms with Crippen molar-refractivity contribution in [2.24, 2.45) is 29.6 Å². The first-order valence-corrected chi connectivity index (χ1v) is 53.3. The Kier molecular flexibility index (Phi) is 71.9. The second-order valence-electron chi connectivity index (χ2n) is 39.2. The van der Waals surface area contributed by atoms with E-state index in [1.54, 1.807) is 13.8 Å². The van der Waals surface area contributed by atoms with Crippen molar-refractivity contribution in [1.82, 2.24) is 0 Å². The fraction of sp³-hybridized carbons (Fsp3) is 0.951. The number of rotatable bonds is 79. The first kappa shape index (κ1) is 121. The lowest BCUT2D eigenvalue weighted by Crippen LogP contribution is -2.65. The Morgan fingerprint density at radius 3 is 1.02 bits per heavy atom. The molecule has 0 aliphatic carbocycles. The molecular formula is C103H194O25S. The van der Waals surface area contributed by atoms with Gasteiger partial charge in [0, 0.05) is 19.4 Å². The topological polar surface area (TPSA) is 386 Å². The van der Waals surface area contributed by atoms with Gasteiger partial charge in [-0.15, -0.1) is 6.58 Å². The zero-order valence-corrected chi connectivity index (χ0v) is 83.1. The number of hydrogen-bond acceptors (Lipinski definition) is 26. The fourth-order valence-corrected chi connectivity index (χ4v) is 18.9. The molecule has 0 aromatic carbocycles. The van der Waals surface area contributed by atoms with Crippen molar-refractivity contribution in [2.75, 3.05) is 32.2 Å². The molecule has 129 heavy (non-hydrogen) atoms. The van der Waals surface area contributed by atoms with Gasteiger partial charge in [-0.25, -0.2) is 0 Å². The van der Waals surface area contributed by atoms with Gasteiger partial charge in [0.15, 0.2) is 30.9 Å². The van der Waals surface area contributed by atoms with Crippen molar-refractivity contribution < 1.29 is 123 Å². The van der Waals surface area contributed by atoms with Crippen LogP contribution in [0.15, 0.2) is 12.7 Å². The van der Waals surface area contributed by atoms with Crippen molar-refractivity contribution in [3.05, 3.63) is 12.7 Å². The van der Waals surface area contributed by atoms with Gasteiger partial charge in [-0.2, -0.15) is 12.6 Å². The van der Waals surface area contributed by atoms with Crippen LogP contribution >= 0.6 is 12.6 Å². The average Bonchev–Trinajstić information content (AvgIpc) is 0.789. The lowest BCUT2D eigenvalue weighted by molar-refractivity contribution is -0.379. The Balaban J connectivity index is 0.000000675. The van der Waals surface area contributed by atoms with Crippen LogP contribution in [0.25, 0.3) is 0 Å². The molecule has 4 rings (SSSR count). The zero-order valence-electron chi connectivity index (χ0n) is 82.2. The number of aliphatic hydroxyl groups is 12. The molecular weight excluding hydrogens is 1670 g/mol. The Morgan fingerprint density at radius 2 is 0.659 bits per heavy atom. The molecule has 0 spiro atoms. The van der Waals surface area contributed by atoms with Gasteiger partial charge in [-0.3, -0.25) is 14.4 Å². The minimum Gasteiger partial charge on any atom is -0.455 e. The number of hydrogen-bond donors (Lipinski definition) is 13. The van der Waals surface area contributed by atoms with Crippen LogP contribution in [-0.2, 0) is 61.8 Å². The van der Waals surface area contributed by atoms with Gasteiger partial charge in [-0.1, -0.05) is 369 Å². The quantitative estimate of drug-likeness (QED) is 0.00884. The smallest absolute Gasteiger partial charge is 0.311 e. The monoisotopic (exact) mass is 1860 g/mol. The van der Waals surface area contributed by atoms with Gasteiger partial charge >= 0.3 is 17.9 Å². The normalized spacial score (nSPS) is 27.4. The SMILES string of the molecule is C=CCCCCCCCCCCC[C@H](C)C[C@H](C)COC1[C@H](O)C(CO)O[C@H](O[C@H]2OC(CO)[C@@H](O)[C@@H](O)C2O)[C@H]1OC(=O)CCCCCCCCCCCCCCC.CCCCCCCCCCCCCCCCCC[C@H](C)C[C@H](C)[C@@H](O)[C@H](C)C(=O)OC1[C@H](O)C(CO)O[C@H](O[C@H]2OC(CC)[C@@H](O)[C@@H](O)C2O)[C@H]1OC(=O)CCCCCCCCCCCCCCCS. The maximum atomic E-state index is 13.9. The van der Waals surface area contributed by atoms with E-state index in [4.69, 9.17) is 47.4 Å². The van der Waals surface area contributed by atoms with Crippen LogP contribution in [0, 0.1) is 29.6 Å². The summed E-state index contributed by atoms with van der Waals surface area (Å²) in [4.78, 5) is 40.7. The molecule has 4 fully saturated rings. The molecule has 0 bridgehead atoms. The average molecular weight is 1860 g/mol. The number of unbranched alkanes of at least 4 members (excludes halogenated alkanes) is 48. The number of aliphatic hydroxyl groups excluding tert-OH is 12. The summed E-state index contributed by atoms with van der Waals surface area (Å²) in [7, 11) is 0. The molecule has 0 saturated carbocycles. The van der Waals surface area contributed by atoms with E-state index in [2.05, 4.69) is 53.8 Å². The maximum Gasteiger partial charge on any atom is 0.311 e. The van der Waals surface area contributed by atoms with Gasteiger partial charge in [-0.05, 0) is 87.7 Å². The standard InChI is InChI=1S/C56H106O13S.C47H88O12/c1-6-8-9-10-11-12-13-14-15-16-18-21-24-27-30-33-36-41(3)39-42(4)47(59)43(5)54(64)68-52-49(61)45(40-57)66-56(69-55-51(63)50(62)48(60)44(7-2)65-55)53(52)67-46(58)37-34-31-28-25-22-19-17-20-23-26-29-32-35-38-70;1-5-7-9-11-13-15-17-18-20-22-24-26-28-30-39(50)58-45-44(55-34-36(4)31-35(3)29-27-25-23-21-19-16-14-12-10-8-6-2)41(52)38(33-49)57-47(45)59-46-43(54)42(53)40(51)37(32-48)56-46/h41-45,47-53,55-57,59-63,70H,6-40H2,1-5H3;6,35-38,40-49,51-54H,2,5,7-34H2,1,3-4H3/t41-,42-,43-,44?,45?,47+,48+,49+,50+,51?,52?,53-,55+,56+;35-,36-,37?,38?,40+,41+,42+,43?,44?,45-,46+,47+/m00/s1. The molecule has 0 radical (unpaired) electrons. The van der Waals surface area contributed by atoms with Crippen LogP contribution in [0.1, 0.15) is 434 Å². The van der Waals surface area contributed by atoms with Crippen LogP contribution in [0.4, 0.5) is 0 Å². The summed E-state index contributed by atoms with van der Waals surface area (Å²) in [6, 6.07) is 0. The number of carbonyl (C=O) groups excluding carboxylic acids is 3. The van der Waals surface area contributed by atoms with Crippen LogP contribution < -0.4 is 0 Å². The highest BCUT2D eigenvalue weighted by atomic mass is 32.1. The van der Waals surface area contributed by atoms with Crippen LogP contribution in [-0.4, -0.2) is 240 Å². The Hall–Kier alpha value is -2.26. The number of ether oxygens (including phenoxy) is 10. The van der Waals surface area contributed by atoms with Crippen LogP contribution in [0.3, 0.4) is 0 Å². The van der Waals surface area contributed by atoms with Gasteiger partial charge in [0.2, 0.25) is 12.6 Å². The van der Waals surface area contributed by atoms with Gasteiger partial charge < -0.3 is 109 Å². The van der Waals surface area contributed by atoms with E-state index in [-0.39, 0.29) is 37.7 Å². The summed E-state index contributed by atoms with van der Waals surface area (Å²) in [5, 5.41) is 128. The minimum atomic E-state index is -1.74. The number of thiol groups is 1. The zero-order chi connectivity index (χ0) is 94.8. The molecule has 26 heteroatoms. The Labute approximate surface area is 787 Å². The van der Waals surface area contributed by atoms with E-state index in [0.717, 1.165) is 82.8 Å². The third-order valence-corrected chi connectivity index (χ3v) is 27.5. The highest BCUT2D eigenvalue weighted by Crippen LogP contribution is 2.37. The Bertz CT molecular complexity index is 2650. The summed E-state index contributed by atoms with van der Waals surface area (Å²) in [6.45, 7) is 18.3. The van der Waals surface area contributed by atoms with Crippen molar-refractivity contribution in [1.29, 1.82) is 0 Å². The van der Waals surface area contributed by atoms with E-state index in [9.17, 15) is 75.7 Å². The highest BCUT2D eigenvalue weighted by molar-refractivity contribution is 7.80. The largest absolute Gasteiger partial charge is 0.455 e. The molecule has 8 unspecified atom stereocenters. The highest BCUT2D eigenvalue weighted by Gasteiger charge is 2.56. The summed E-state index contributed by atoms with van der Waals surface area (Å²) >= 11 is 4.28. The summed E-state index contributed by atoms with van der Waals surface area (Å²) in [5.74, 6) is -1.40. The molecule has 0 aromatic rings. The third-order valence-electron chi connectivity index (χ3n) is 27.1. The van der Waals surface area contributed by atoms with Crippen LogP contribution in [0.5, 0.6) is 0 Å². The number of allylic oxidation sites excluding steroid dienone is 1. The predicted molar refractivity (Wildman–Crippen MR) is 511 cm³/mol.